The lowest BCUT2D eigenvalue weighted by molar-refractivity contribution is 0.477. The summed E-state index contributed by atoms with van der Waals surface area (Å²) in [5.41, 5.74) is 1.37. The predicted octanol–water partition coefficient (Wildman–Crippen LogP) is 3.52. The van der Waals surface area contributed by atoms with Crippen LogP contribution in [-0.2, 0) is 10.0 Å². The van der Waals surface area contributed by atoms with Crippen LogP contribution in [0.3, 0.4) is 0 Å². The lowest BCUT2D eigenvalue weighted by atomic mass is 10.2. The highest BCUT2D eigenvalue weighted by molar-refractivity contribution is 7.89. The number of benzene rings is 2. The summed E-state index contributed by atoms with van der Waals surface area (Å²) in [5.74, 6) is 0.184. The van der Waals surface area contributed by atoms with Crippen molar-refractivity contribution in [2.45, 2.75) is 17.7 Å². The van der Waals surface area contributed by atoms with E-state index in [1.54, 1.807) is 41.0 Å². The van der Waals surface area contributed by atoms with Gasteiger partial charge in [0.15, 0.2) is 10.6 Å². The van der Waals surface area contributed by atoms with Crippen LogP contribution in [0.1, 0.15) is 12.8 Å². The molecule has 2 heterocycles. The van der Waals surface area contributed by atoms with Crippen molar-refractivity contribution < 1.29 is 12.8 Å². The van der Waals surface area contributed by atoms with Gasteiger partial charge in [-0.3, -0.25) is 9.67 Å². The molecule has 0 radical (unpaired) electrons. The summed E-state index contributed by atoms with van der Waals surface area (Å²) in [4.78, 5) is 0.260. The predicted molar refractivity (Wildman–Crippen MR) is 102 cm³/mol. The van der Waals surface area contributed by atoms with Gasteiger partial charge in [-0.05, 0) is 73.6 Å². The van der Waals surface area contributed by atoms with Crippen molar-refractivity contribution in [3.05, 3.63) is 59.1 Å². The molecule has 4 rings (SSSR count). The minimum Gasteiger partial charge on any atom is -0.268 e. The molecule has 9 heteroatoms. The topological polar surface area (TPSA) is 71.0 Å². The van der Waals surface area contributed by atoms with E-state index in [9.17, 15) is 12.8 Å². The van der Waals surface area contributed by atoms with Crippen LogP contribution in [0.2, 0.25) is 0 Å². The van der Waals surface area contributed by atoms with Gasteiger partial charge in [0.2, 0.25) is 10.0 Å². The molecule has 1 fully saturated rings. The molecule has 0 bridgehead atoms. The number of halogens is 1. The van der Waals surface area contributed by atoms with E-state index in [4.69, 9.17) is 12.2 Å². The molecule has 0 atom stereocenters. The van der Waals surface area contributed by atoms with Crippen molar-refractivity contribution in [1.29, 1.82) is 0 Å². The van der Waals surface area contributed by atoms with E-state index in [0.717, 1.165) is 12.8 Å². The Hall–Kier alpha value is -2.36. The molecule has 1 aliphatic heterocycles. The maximum absolute atomic E-state index is 13.2. The molecule has 27 heavy (non-hydrogen) atoms. The van der Waals surface area contributed by atoms with Gasteiger partial charge in [0.05, 0.1) is 10.6 Å². The van der Waals surface area contributed by atoms with Crippen LogP contribution in [0.15, 0.2) is 53.4 Å². The van der Waals surface area contributed by atoms with Crippen LogP contribution >= 0.6 is 12.2 Å². The Morgan fingerprint density at radius 3 is 2.26 bits per heavy atom. The average Bonchev–Trinajstić information content (AvgIpc) is 3.33. The molecular formula is C18H17FN4O2S2. The SMILES string of the molecule is O=S(=O)(c1ccc(-c2n[nH]c(=S)n2-c2ccc(F)cc2)cc1)N1CCCC1. The molecule has 1 aliphatic rings. The van der Waals surface area contributed by atoms with Gasteiger partial charge in [-0.15, -0.1) is 0 Å². The van der Waals surface area contributed by atoms with Crippen molar-refractivity contribution in [2.24, 2.45) is 0 Å². The van der Waals surface area contributed by atoms with Gasteiger partial charge in [-0.2, -0.15) is 9.40 Å². The van der Waals surface area contributed by atoms with E-state index in [-0.39, 0.29) is 10.7 Å². The maximum Gasteiger partial charge on any atom is 0.243 e. The zero-order valence-corrected chi connectivity index (χ0v) is 15.9. The van der Waals surface area contributed by atoms with Crippen LogP contribution in [0.25, 0.3) is 17.1 Å². The van der Waals surface area contributed by atoms with E-state index < -0.39 is 10.0 Å². The molecule has 0 spiro atoms. The van der Waals surface area contributed by atoms with Gasteiger partial charge >= 0.3 is 0 Å². The molecule has 1 aromatic heterocycles. The summed E-state index contributed by atoms with van der Waals surface area (Å²) in [7, 11) is -3.46. The van der Waals surface area contributed by atoms with Crippen LogP contribution in [0, 0.1) is 10.6 Å². The Labute approximate surface area is 161 Å². The molecule has 0 saturated carbocycles. The van der Waals surface area contributed by atoms with E-state index in [1.165, 1.54) is 16.4 Å². The Morgan fingerprint density at radius 1 is 1.00 bits per heavy atom. The molecule has 6 nitrogen and oxygen atoms in total. The Balaban J connectivity index is 1.71. The van der Waals surface area contributed by atoms with Crippen molar-refractivity contribution in [3.8, 4) is 17.1 Å². The van der Waals surface area contributed by atoms with Crippen LogP contribution in [-0.4, -0.2) is 40.6 Å². The van der Waals surface area contributed by atoms with E-state index in [2.05, 4.69) is 10.2 Å². The number of H-pyrrole nitrogens is 1. The number of aromatic amines is 1. The van der Waals surface area contributed by atoms with E-state index in [0.29, 0.717) is 34.9 Å². The summed E-state index contributed by atoms with van der Waals surface area (Å²) in [6.45, 7) is 1.13. The average molecular weight is 404 g/mol. The lowest BCUT2D eigenvalue weighted by Gasteiger charge is -2.15. The molecule has 1 N–H and O–H groups in total. The fraction of sp³-hybridized carbons (Fsp3) is 0.222. The zero-order valence-electron chi connectivity index (χ0n) is 14.3. The second-order valence-electron chi connectivity index (χ2n) is 6.30. The molecule has 140 valence electrons. The summed E-state index contributed by atoms with van der Waals surface area (Å²) in [6, 6.07) is 12.5. The van der Waals surface area contributed by atoms with Gasteiger partial charge in [-0.1, -0.05) is 0 Å². The first-order valence-electron chi connectivity index (χ1n) is 8.51. The van der Waals surface area contributed by atoms with Crippen molar-refractivity contribution in [3.63, 3.8) is 0 Å². The van der Waals surface area contributed by atoms with Gasteiger partial charge in [0.1, 0.15) is 5.82 Å². The molecule has 0 unspecified atom stereocenters. The Bertz CT molecular complexity index is 1110. The molecule has 0 aliphatic carbocycles. The van der Waals surface area contributed by atoms with Crippen molar-refractivity contribution >= 4 is 22.2 Å². The monoisotopic (exact) mass is 404 g/mol. The quantitative estimate of drug-likeness (QED) is 0.676. The highest BCUT2D eigenvalue weighted by atomic mass is 32.2. The summed E-state index contributed by atoms with van der Waals surface area (Å²) >= 11 is 5.29. The summed E-state index contributed by atoms with van der Waals surface area (Å²) < 4.78 is 42.1. The van der Waals surface area contributed by atoms with Gasteiger partial charge in [-0.25, -0.2) is 12.8 Å². The molecule has 1 saturated heterocycles. The number of nitrogens with one attached hydrogen (secondary N) is 1. The second kappa shape index (κ2) is 6.99. The molecule has 2 aromatic carbocycles. The number of aromatic nitrogens is 3. The first kappa shape index (κ1) is 18.0. The summed E-state index contributed by atoms with van der Waals surface area (Å²) in [6.07, 6.45) is 1.79. The minimum atomic E-state index is -3.46. The van der Waals surface area contributed by atoms with Gasteiger partial charge < -0.3 is 0 Å². The van der Waals surface area contributed by atoms with Crippen LogP contribution in [0.4, 0.5) is 4.39 Å². The maximum atomic E-state index is 13.2. The second-order valence-corrected chi connectivity index (χ2v) is 8.62. The minimum absolute atomic E-state index is 0.260. The van der Waals surface area contributed by atoms with Gasteiger partial charge in [0.25, 0.3) is 0 Å². The number of hydrogen-bond acceptors (Lipinski definition) is 4. The molecule has 0 amide bonds. The zero-order chi connectivity index (χ0) is 19.0. The fourth-order valence-electron chi connectivity index (χ4n) is 3.17. The van der Waals surface area contributed by atoms with Crippen LogP contribution in [0.5, 0.6) is 0 Å². The third kappa shape index (κ3) is 3.33. The highest BCUT2D eigenvalue weighted by Crippen LogP contribution is 2.25. The standard InChI is InChI=1S/C18H17FN4O2S2/c19-14-5-7-15(8-6-14)23-17(20-21-18(23)26)13-3-9-16(10-4-13)27(24,25)22-11-1-2-12-22/h3-10H,1-2,11-12H2,(H,21,26). The Morgan fingerprint density at radius 2 is 1.63 bits per heavy atom. The van der Waals surface area contributed by atoms with Crippen molar-refractivity contribution in [1.82, 2.24) is 19.1 Å². The number of rotatable bonds is 4. The van der Waals surface area contributed by atoms with Gasteiger partial charge in [0, 0.05) is 18.7 Å². The fourth-order valence-corrected chi connectivity index (χ4v) is 4.93. The number of sulfonamides is 1. The normalized spacial score (nSPS) is 15.3. The molecular weight excluding hydrogens is 387 g/mol. The van der Waals surface area contributed by atoms with E-state index in [1.807, 2.05) is 0 Å². The highest BCUT2D eigenvalue weighted by Gasteiger charge is 2.27. The Kier molecular flexibility index (Phi) is 4.67. The summed E-state index contributed by atoms with van der Waals surface area (Å²) in [5, 5.41) is 6.98. The molecule has 3 aromatic rings. The first-order valence-corrected chi connectivity index (χ1v) is 10.4. The number of nitrogens with zero attached hydrogens (tertiary/aromatic N) is 3. The van der Waals surface area contributed by atoms with Crippen LogP contribution < -0.4 is 0 Å². The first-order chi connectivity index (χ1) is 13.0. The lowest BCUT2D eigenvalue weighted by Crippen LogP contribution is -2.27. The number of hydrogen-bond donors (Lipinski definition) is 1. The smallest absolute Gasteiger partial charge is 0.243 e. The largest absolute Gasteiger partial charge is 0.268 e. The van der Waals surface area contributed by atoms with Crippen molar-refractivity contribution in [2.75, 3.05) is 13.1 Å². The third-order valence-electron chi connectivity index (χ3n) is 4.57. The van der Waals surface area contributed by atoms with E-state index >= 15 is 0 Å². The third-order valence-corrected chi connectivity index (χ3v) is 6.76.